The highest BCUT2D eigenvalue weighted by molar-refractivity contribution is 9.10. The maximum atomic E-state index is 13.4. The fourth-order valence-electron chi connectivity index (χ4n) is 4.59. The van der Waals surface area contributed by atoms with Crippen molar-refractivity contribution >= 4 is 37.7 Å². The minimum atomic E-state index is -0.178. The first-order chi connectivity index (χ1) is 18.6. The van der Waals surface area contributed by atoms with Gasteiger partial charge in [-0.25, -0.2) is 0 Å². The van der Waals surface area contributed by atoms with E-state index >= 15 is 0 Å². The van der Waals surface area contributed by atoms with E-state index in [4.69, 9.17) is 19.6 Å². The number of para-hydroxylation sites is 1. The van der Waals surface area contributed by atoms with Crippen LogP contribution in [0.1, 0.15) is 31.2 Å². The molecule has 202 valence electrons. The normalized spacial score (nSPS) is 11.4. The van der Waals surface area contributed by atoms with Crippen LogP contribution in [-0.2, 0) is 6.54 Å². The third kappa shape index (κ3) is 6.38. The lowest BCUT2D eigenvalue weighted by Crippen LogP contribution is -2.20. The van der Waals surface area contributed by atoms with Gasteiger partial charge in [0.2, 0.25) is 11.2 Å². The second-order valence-corrected chi connectivity index (χ2v) is 10.0. The van der Waals surface area contributed by atoms with E-state index in [9.17, 15) is 4.79 Å². The van der Waals surface area contributed by atoms with Crippen molar-refractivity contribution in [3.05, 3.63) is 68.8 Å². The molecule has 0 amide bonds. The third-order valence-electron chi connectivity index (χ3n) is 6.64. The van der Waals surface area contributed by atoms with Crippen LogP contribution in [0.4, 0.5) is 0 Å². The summed E-state index contributed by atoms with van der Waals surface area (Å²) in [5.74, 6) is 1.39. The van der Waals surface area contributed by atoms with Gasteiger partial charge in [-0.05, 0) is 96.8 Å². The second kappa shape index (κ2) is 13.8. The molecule has 0 bridgehead atoms. The predicted molar refractivity (Wildman–Crippen MR) is 158 cm³/mol. The largest absolute Gasteiger partial charge is 0.496 e. The van der Waals surface area contributed by atoms with E-state index in [0.717, 1.165) is 84.0 Å². The van der Waals surface area contributed by atoms with Gasteiger partial charge < -0.3 is 30.3 Å². The molecule has 8 heteroatoms. The van der Waals surface area contributed by atoms with Crippen molar-refractivity contribution in [2.75, 3.05) is 40.4 Å². The SMILES string of the molecule is COc1ccc2cc(-c3oc4c(CNCCCCNCCCCN)cccc4c(=O)c3OC)ccc2c1Br. The van der Waals surface area contributed by atoms with Crippen LogP contribution in [0, 0.1) is 0 Å². The molecule has 0 unspecified atom stereocenters. The number of unbranched alkanes of at least 4 members (excludes halogenated alkanes) is 2. The fourth-order valence-corrected chi connectivity index (χ4v) is 5.24. The van der Waals surface area contributed by atoms with Gasteiger partial charge in [0.25, 0.3) is 0 Å². The van der Waals surface area contributed by atoms with Crippen molar-refractivity contribution < 1.29 is 13.9 Å². The van der Waals surface area contributed by atoms with Gasteiger partial charge in [0.05, 0.1) is 24.1 Å². The molecule has 0 saturated carbocycles. The molecule has 0 atom stereocenters. The van der Waals surface area contributed by atoms with Crippen molar-refractivity contribution in [2.24, 2.45) is 5.73 Å². The van der Waals surface area contributed by atoms with E-state index in [2.05, 4.69) is 26.6 Å². The number of ether oxygens (including phenoxy) is 2. The molecule has 0 saturated heterocycles. The van der Waals surface area contributed by atoms with Gasteiger partial charge in [-0.2, -0.15) is 0 Å². The summed E-state index contributed by atoms with van der Waals surface area (Å²) in [7, 11) is 3.15. The van der Waals surface area contributed by atoms with Crippen LogP contribution in [0.2, 0.25) is 0 Å². The zero-order chi connectivity index (χ0) is 26.9. The molecule has 4 aromatic rings. The molecule has 1 aromatic heterocycles. The van der Waals surface area contributed by atoms with Crippen molar-refractivity contribution in [2.45, 2.75) is 32.2 Å². The number of halogens is 1. The Morgan fingerprint density at radius 3 is 2.39 bits per heavy atom. The number of fused-ring (bicyclic) bond motifs is 2. The summed E-state index contributed by atoms with van der Waals surface area (Å²) in [5.41, 5.74) is 7.64. The molecule has 4 rings (SSSR count). The van der Waals surface area contributed by atoms with Gasteiger partial charge in [-0.1, -0.05) is 30.3 Å². The molecule has 1 heterocycles. The van der Waals surface area contributed by atoms with Crippen LogP contribution < -0.4 is 31.3 Å². The predicted octanol–water partition coefficient (Wildman–Crippen LogP) is 5.59. The Kier molecular flexibility index (Phi) is 10.2. The standard InChI is InChI=1S/C30H36BrN3O4/c1-36-25-13-11-20-18-21(10-12-23(20)26(25)31)29-30(37-2)27(35)24-9-7-8-22(28(24)38-29)19-34-17-6-5-16-33-15-4-3-14-32/h7-13,18,33-34H,3-6,14-17,19,32H2,1-2H3. The first-order valence-electron chi connectivity index (χ1n) is 13.1. The topological polar surface area (TPSA) is 98.8 Å². The Labute approximate surface area is 231 Å². The van der Waals surface area contributed by atoms with Crippen LogP contribution in [0.5, 0.6) is 11.5 Å². The van der Waals surface area contributed by atoms with E-state index < -0.39 is 0 Å². The quantitative estimate of drug-likeness (QED) is 0.167. The minimum Gasteiger partial charge on any atom is -0.496 e. The highest BCUT2D eigenvalue weighted by Crippen LogP contribution is 2.37. The summed E-state index contributed by atoms with van der Waals surface area (Å²) < 4.78 is 18.3. The van der Waals surface area contributed by atoms with Gasteiger partial charge in [-0.15, -0.1) is 0 Å². The summed E-state index contributed by atoms with van der Waals surface area (Å²) in [6.45, 7) is 4.28. The minimum absolute atomic E-state index is 0.178. The maximum Gasteiger partial charge on any atom is 0.235 e. The number of benzene rings is 3. The van der Waals surface area contributed by atoms with Gasteiger partial charge in [0.1, 0.15) is 11.3 Å². The molecule has 38 heavy (non-hydrogen) atoms. The Morgan fingerprint density at radius 1 is 0.895 bits per heavy atom. The second-order valence-electron chi connectivity index (χ2n) is 9.23. The summed E-state index contributed by atoms with van der Waals surface area (Å²) in [6, 6.07) is 15.5. The molecule has 0 aliphatic heterocycles. The molecule has 4 N–H and O–H groups in total. The summed E-state index contributed by atoms with van der Waals surface area (Å²) in [5, 5.41) is 9.47. The maximum absolute atomic E-state index is 13.4. The summed E-state index contributed by atoms with van der Waals surface area (Å²) in [4.78, 5) is 13.4. The van der Waals surface area contributed by atoms with Crippen molar-refractivity contribution in [1.29, 1.82) is 0 Å². The Hall–Kier alpha value is -2.91. The number of nitrogens with one attached hydrogen (secondary N) is 2. The molecule has 0 aliphatic rings. The number of nitrogens with two attached hydrogens (primary N) is 1. The van der Waals surface area contributed by atoms with E-state index in [1.807, 2.05) is 42.5 Å². The van der Waals surface area contributed by atoms with Crippen LogP contribution in [0.3, 0.4) is 0 Å². The van der Waals surface area contributed by atoms with E-state index in [-0.39, 0.29) is 11.2 Å². The van der Waals surface area contributed by atoms with Gasteiger partial charge in [0.15, 0.2) is 5.76 Å². The van der Waals surface area contributed by atoms with Crippen molar-refractivity contribution in [3.8, 4) is 22.8 Å². The smallest absolute Gasteiger partial charge is 0.235 e. The summed E-state index contributed by atoms with van der Waals surface area (Å²) >= 11 is 3.62. The van der Waals surface area contributed by atoms with Gasteiger partial charge in [-0.3, -0.25) is 4.79 Å². The molecule has 0 fully saturated rings. The van der Waals surface area contributed by atoms with Crippen molar-refractivity contribution in [1.82, 2.24) is 10.6 Å². The molecule has 7 nitrogen and oxygen atoms in total. The van der Waals surface area contributed by atoms with Gasteiger partial charge >= 0.3 is 0 Å². The molecule has 3 aromatic carbocycles. The summed E-state index contributed by atoms with van der Waals surface area (Å²) in [6.07, 6.45) is 4.36. The number of rotatable bonds is 14. The molecular formula is C30H36BrN3O4. The fraction of sp³-hybridized carbons (Fsp3) is 0.367. The zero-order valence-corrected chi connectivity index (χ0v) is 23.7. The number of methoxy groups -OCH3 is 2. The van der Waals surface area contributed by atoms with E-state index in [1.54, 1.807) is 13.2 Å². The zero-order valence-electron chi connectivity index (χ0n) is 22.1. The number of hydrogen-bond donors (Lipinski definition) is 3. The van der Waals surface area contributed by atoms with Crippen LogP contribution in [0.25, 0.3) is 33.1 Å². The lowest BCUT2D eigenvalue weighted by atomic mass is 10.0. The Morgan fingerprint density at radius 2 is 1.66 bits per heavy atom. The van der Waals surface area contributed by atoms with Crippen LogP contribution >= 0.6 is 15.9 Å². The highest BCUT2D eigenvalue weighted by atomic mass is 79.9. The average molecular weight is 583 g/mol. The molecule has 0 aliphatic carbocycles. The first kappa shape index (κ1) is 28.1. The van der Waals surface area contributed by atoms with Gasteiger partial charge in [0, 0.05) is 17.7 Å². The molecule has 0 spiro atoms. The monoisotopic (exact) mass is 581 g/mol. The highest BCUT2D eigenvalue weighted by Gasteiger charge is 2.19. The van der Waals surface area contributed by atoms with Crippen LogP contribution in [0.15, 0.2) is 62.2 Å². The third-order valence-corrected chi connectivity index (χ3v) is 7.46. The van der Waals surface area contributed by atoms with Crippen molar-refractivity contribution in [3.63, 3.8) is 0 Å². The Bertz CT molecular complexity index is 1440. The van der Waals surface area contributed by atoms with E-state index in [0.29, 0.717) is 23.3 Å². The lowest BCUT2D eigenvalue weighted by molar-refractivity contribution is 0.398. The molecule has 0 radical (unpaired) electrons. The number of hydrogen-bond acceptors (Lipinski definition) is 7. The lowest BCUT2D eigenvalue weighted by Gasteiger charge is -2.13. The first-order valence-corrected chi connectivity index (χ1v) is 13.9. The average Bonchev–Trinajstić information content (AvgIpc) is 2.94. The van der Waals surface area contributed by atoms with E-state index in [1.165, 1.54) is 7.11 Å². The Balaban J connectivity index is 1.54. The van der Waals surface area contributed by atoms with Crippen LogP contribution in [-0.4, -0.2) is 40.4 Å². The molecular weight excluding hydrogens is 546 g/mol.